The standard InChI is InChI=1S/C24H21N3O/c1-16-22(24(28)26-27-14-18-10-7-11-19(18)15-27)20-12-5-6-13-21(20)25-23(16)17-8-3-2-4-9-17/h2-6,8-9,12-15H,7,10-11H2,1H3,(H,26,28). The maximum atomic E-state index is 13.3. The van der Waals surface area contributed by atoms with Crippen molar-refractivity contribution in [2.75, 3.05) is 5.43 Å². The normalized spacial score (nSPS) is 12.9. The van der Waals surface area contributed by atoms with E-state index in [1.165, 1.54) is 17.5 Å². The number of aromatic nitrogens is 2. The fourth-order valence-corrected chi connectivity index (χ4v) is 4.17. The first-order valence-electron chi connectivity index (χ1n) is 9.66. The molecule has 1 amide bonds. The van der Waals surface area contributed by atoms with Gasteiger partial charge in [0.15, 0.2) is 0 Å². The molecular weight excluding hydrogens is 346 g/mol. The first-order valence-corrected chi connectivity index (χ1v) is 9.66. The number of para-hydroxylation sites is 1. The van der Waals surface area contributed by atoms with Gasteiger partial charge in [-0.05, 0) is 48.9 Å². The van der Waals surface area contributed by atoms with Gasteiger partial charge in [0.2, 0.25) is 0 Å². The van der Waals surface area contributed by atoms with Crippen LogP contribution in [0.25, 0.3) is 22.2 Å². The number of fused-ring (bicyclic) bond motifs is 2. The first kappa shape index (κ1) is 16.8. The van der Waals surface area contributed by atoms with Crippen LogP contribution in [-0.2, 0) is 12.8 Å². The van der Waals surface area contributed by atoms with Crippen LogP contribution >= 0.6 is 0 Å². The summed E-state index contributed by atoms with van der Waals surface area (Å²) in [7, 11) is 0. The van der Waals surface area contributed by atoms with Gasteiger partial charge >= 0.3 is 0 Å². The molecule has 0 unspecified atom stereocenters. The maximum Gasteiger partial charge on any atom is 0.271 e. The van der Waals surface area contributed by atoms with E-state index in [-0.39, 0.29) is 5.91 Å². The molecule has 138 valence electrons. The lowest BCUT2D eigenvalue weighted by Crippen LogP contribution is -2.23. The van der Waals surface area contributed by atoms with Gasteiger partial charge in [-0.2, -0.15) is 0 Å². The third-order valence-corrected chi connectivity index (χ3v) is 5.54. The highest BCUT2D eigenvalue weighted by atomic mass is 16.2. The lowest BCUT2D eigenvalue weighted by atomic mass is 9.97. The van der Waals surface area contributed by atoms with Crippen LogP contribution in [0.5, 0.6) is 0 Å². The Kier molecular flexibility index (Phi) is 3.97. The molecule has 4 nitrogen and oxygen atoms in total. The van der Waals surface area contributed by atoms with Crippen molar-refractivity contribution in [2.45, 2.75) is 26.2 Å². The van der Waals surface area contributed by atoms with Gasteiger partial charge in [-0.15, -0.1) is 0 Å². The molecule has 2 aromatic heterocycles. The summed E-state index contributed by atoms with van der Waals surface area (Å²) in [6, 6.07) is 17.9. The quantitative estimate of drug-likeness (QED) is 0.561. The second-order valence-corrected chi connectivity index (χ2v) is 7.35. The highest BCUT2D eigenvalue weighted by Crippen LogP contribution is 2.30. The summed E-state index contributed by atoms with van der Waals surface area (Å²) in [6.07, 6.45) is 7.46. The summed E-state index contributed by atoms with van der Waals surface area (Å²) in [5.41, 5.74) is 9.98. The predicted molar refractivity (Wildman–Crippen MR) is 112 cm³/mol. The molecule has 2 aromatic carbocycles. The van der Waals surface area contributed by atoms with E-state index >= 15 is 0 Å². The predicted octanol–water partition coefficient (Wildman–Crippen LogP) is 4.88. The zero-order chi connectivity index (χ0) is 19.1. The Balaban J connectivity index is 1.62. The van der Waals surface area contributed by atoms with Crippen molar-refractivity contribution >= 4 is 16.8 Å². The molecule has 0 saturated heterocycles. The Labute approximate surface area is 163 Å². The van der Waals surface area contributed by atoms with Crippen LogP contribution in [0.2, 0.25) is 0 Å². The summed E-state index contributed by atoms with van der Waals surface area (Å²) in [4.78, 5) is 18.1. The number of amides is 1. The Hall–Kier alpha value is -3.40. The van der Waals surface area contributed by atoms with E-state index < -0.39 is 0 Å². The molecule has 4 aromatic rings. The molecule has 0 bridgehead atoms. The van der Waals surface area contributed by atoms with Crippen molar-refractivity contribution in [1.82, 2.24) is 9.66 Å². The monoisotopic (exact) mass is 367 g/mol. The Morgan fingerprint density at radius 1 is 0.964 bits per heavy atom. The molecule has 1 aliphatic rings. The third kappa shape index (κ3) is 2.78. The molecular formula is C24H21N3O. The summed E-state index contributed by atoms with van der Waals surface area (Å²) < 4.78 is 1.81. The lowest BCUT2D eigenvalue weighted by Gasteiger charge is -2.15. The van der Waals surface area contributed by atoms with Gasteiger partial charge in [-0.1, -0.05) is 48.5 Å². The van der Waals surface area contributed by atoms with Crippen LogP contribution in [0.4, 0.5) is 0 Å². The molecule has 28 heavy (non-hydrogen) atoms. The van der Waals surface area contributed by atoms with E-state index in [1.807, 2.05) is 78.6 Å². The molecule has 0 saturated carbocycles. The number of nitrogens with zero attached hydrogens (tertiary/aromatic N) is 2. The van der Waals surface area contributed by atoms with Crippen LogP contribution in [0.1, 0.15) is 33.5 Å². The van der Waals surface area contributed by atoms with Crippen molar-refractivity contribution < 1.29 is 4.79 Å². The van der Waals surface area contributed by atoms with Crippen LogP contribution in [0, 0.1) is 6.92 Å². The molecule has 4 heteroatoms. The zero-order valence-corrected chi connectivity index (χ0v) is 15.8. The fraction of sp³-hybridized carbons (Fsp3) is 0.167. The summed E-state index contributed by atoms with van der Waals surface area (Å²) in [6.45, 7) is 1.98. The molecule has 0 aliphatic heterocycles. The molecule has 0 radical (unpaired) electrons. The Morgan fingerprint density at radius 2 is 1.64 bits per heavy atom. The van der Waals surface area contributed by atoms with Gasteiger partial charge in [0.05, 0.1) is 16.8 Å². The fourth-order valence-electron chi connectivity index (χ4n) is 4.17. The number of carbonyl (C=O) groups is 1. The van der Waals surface area contributed by atoms with Crippen molar-refractivity contribution in [3.05, 3.63) is 89.2 Å². The summed E-state index contributed by atoms with van der Waals surface area (Å²) in [5.74, 6) is -0.109. The molecule has 1 aliphatic carbocycles. The lowest BCUT2D eigenvalue weighted by molar-refractivity contribution is 0.101. The van der Waals surface area contributed by atoms with E-state index in [4.69, 9.17) is 4.98 Å². The SMILES string of the molecule is Cc1c(-c2ccccc2)nc2ccccc2c1C(=O)Nn1cc2c(c1)CCC2. The van der Waals surface area contributed by atoms with Gasteiger partial charge in [0.25, 0.3) is 5.91 Å². The van der Waals surface area contributed by atoms with Gasteiger partial charge in [-0.3, -0.25) is 14.9 Å². The summed E-state index contributed by atoms with van der Waals surface area (Å²) in [5, 5.41) is 0.872. The molecule has 0 spiro atoms. The highest BCUT2D eigenvalue weighted by molar-refractivity contribution is 6.12. The molecule has 0 atom stereocenters. The minimum atomic E-state index is -0.109. The number of carbonyl (C=O) groups excluding carboxylic acids is 1. The summed E-state index contributed by atoms with van der Waals surface area (Å²) >= 11 is 0. The number of hydrogen-bond donors (Lipinski definition) is 1. The minimum Gasteiger partial charge on any atom is -0.268 e. The minimum absolute atomic E-state index is 0.109. The topological polar surface area (TPSA) is 46.9 Å². The highest BCUT2D eigenvalue weighted by Gasteiger charge is 2.20. The number of pyridine rings is 1. The molecule has 2 heterocycles. The second-order valence-electron chi connectivity index (χ2n) is 7.35. The second kappa shape index (κ2) is 6.64. The van der Waals surface area contributed by atoms with Gasteiger partial charge < -0.3 is 0 Å². The van der Waals surface area contributed by atoms with Gasteiger partial charge in [0, 0.05) is 23.3 Å². The van der Waals surface area contributed by atoms with Gasteiger partial charge in [-0.25, -0.2) is 4.98 Å². The van der Waals surface area contributed by atoms with Crippen molar-refractivity contribution in [2.24, 2.45) is 0 Å². The smallest absolute Gasteiger partial charge is 0.268 e. The Bertz CT molecular complexity index is 1170. The number of hydrogen-bond acceptors (Lipinski definition) is 2. The van der Waals surface area contributed by atoms with E-state index in [0.29, 0.717) is 5.56 Å². The van der Waals surface area contributed by atoms with Crippen molar-refractivity contribution in [3.8, 4) is 11.3 Å². The van der Waals surface area contributed by atoms with E-state index in [1.54, 1.807) is 0 Å². The molecule has 1 N–H and O–H groups in total. The van der Waals surface area contributed by atoms with E-state index in [2.05, 4.69) is 5.43 Å². The number of benzene rings is 2. The van der Waals surface area contributed by atoms with Crippen molar-refractivity contribution in [1.29, 1.82) is 0 Å². The van der Waals surface area contributed by atoms with E-state index in [0.717, 1.165) is 40.6 Å². The third-order valence-electron chi connectivity index (χ3n) is 5.54. The zero-order valence-electron chi connectivity index (χ0n) is 15.8. The van der Waals surface area contributed by atoms with Crippen molar-refractivity contribution in [3.63, 3.8) is 0 Å². The number of aryl methyl sites for hydroxylation is 2. The average Bonchev–Trinajstić information content (AvgIpc) is 3.29. The van der Waals surface area contributed by atoms with Crippen LogP contribution in [-0.4, -0.2) is 15.6 Å². The van der Waals surface area contributed by atoms with Crippen LogP contribution < -0.4 is 5.43 Å². The van der Waals surface area contributed by atoms with Crippen LogP contribution in [0.15, 0.2) is 67.0 Å². The number of nitrogens with one attached hydrogen (secondary N) is 1. The molecule has 0 fully saturated rings. The van der Waals surface area contributed by atoms with E-state index in [9.17, 15) is 4.79 Å². The van der Waals surface area contributed by atoms with Gasteiger partial charge in [0.1, 0.15) is 0 Å². The van der Waals surface area contributed by atoms with Crippen LogP contribution in [0.3, 0.4) is 0 Å². The average molecular weight is 367 g/mol. The Morgan fingerprint density at radius 3 is 2.39 bits per heavy atom. The maximum absolute atomic E-state index is 13.3. The molecule has 5 rings (SSSR count). The number of rotatable bonds is 3. The largest absolute Gasteiger partial charge is 0.271 e. The first-order chi connectivity index (χ1) is 13.7.